The minimum absolute atomic E-state index is 0.0255. The summed E-state index contributed by atoms with van der Waals surface area (Å²) in [4.78, 5) is 23.7. The van der Waals surface area contributed by atoms with Crippen molar-refractivity contribution in [2.75, 3.05) is 13.2 Å². The van der Waals surface area contributed by atoms with Gasteiger partial charge >= 0.3 is 6.18 Å². The van der Waals surface area contributed by atoms with Crippen molar-refractivity contribution >= 4 is 11.8 Å². The van der Waals surface area contributed by atoms with Crippen molar-refractivity contribution in [1.82, 2.24) is 10.6 Å². The van der Waals surface area contributed by atoms with Crippen molar-refractivity contribution in [2.45, 2.75) is 44.8 Å². The van der Waals surface area contributed by atoms with Crippen molar-refractivity contribution in [3.8, 4) is 5.75 Å². The number of rotatable bonds is 7. The van der Waals surface area contributed by atoms with Gasteiger partial charge in [0.25, 0.3) is 0 Å². The summed E-state index contributed by atoms with van der Waals surface area (Å²) in [5, 5.41) is 5.19. The van der Waals surface area contributed by atoms with Gasteiger partial charge < -0.3 is 15.4 Å². The van der Waals surface area contributed by atoms with Gasteiger partial charge in [-0.25, -0.2) is 0 Å². The van der Waals surface area contributed by atoms with Crippen LogP contribution < -0.4 is 15.4 Å². The SMILES string of the molecule is CC(COc1ccccc1C(F)(F)F)NC(=O)CNC(=O)C1CCCC1. The highest BCUT2D eigenvalue weighted by Crippen LogP contribution is 2.35. The lowest BCUT2D eigenvalue weighted by Crippen LogP contribution is -2.44. The third-order valence-corrected chi connectivity index (χ3v) is 4.24. The first-order chi connectivity index (χ1) is 12.3. The fourth-order valence-electron chi connectivity index (χ4n) is 2.91. The maximum Gasteiger partial charge on any atom is 0.419 e. The standard InChI is InChI=1S/C18H23F3N2O3/c1-12(11-26-15-9-5-4-8-14(15)18(19,20)21)23-16(24)10-22-17(25)13-6-2-3-7-13/h4-5,8-9,12-13H,2-3,6-7,10-11H2,1H3,(H,22,25)(H,23,24). The Bertz CT molecular complexity index is 628. The van der Waals surface area contributed by atoms with Crippen molar-refractivity contribution in [1.29, 1.82) is 0 Å². The van der Waals surface area contributed by atoms with E-state index in [9.17, 15) is 22.8 Å². The first-order valence-electron chi connectivity index (χ1n) is 8.63. The van der Waals surface area contributed by atoms with Crippen molar-refractivity contribution in [2.24, 2.45) is 5.92 Å². The second kappa shape index (κ2) is 8.91. The van der Waals surface area contributed by atoms with Crippen LogP contribution >= 0.6 is 0 Å². The van der Waals surface area contributed by atoms with Gasteiger partial charge in [-0.3, -0.25) is 9.59 Å². The minimum Gasteiger partial charge on any atom is -0.491 e. The molecule has 0 spiro atoms. The van der Waals surface area contributed by atoms with Crippen LogP contribution in [0.2, 0.25) is 0 Å². The van der Waals surface area contributed by atoms with E-state index in [1.165, 1.54) is 18.2 Å². The molecule has 8 heteroatoms. The van der Waals surface area contributed by atoms with Crippen LogP contribution in [0.25, 0.3) is 0 Å². The first-order valence-corrected chi connectivity index (χ1v) is 8.63. The molecule has 144 valence electrons. The molecule has 1 aliphatic rings. The summed E-state index contributed by atoms with van der Waals surface area (Å²) in [6.07, 6.45) is -0.768. The molecule has 1 aliphatic carbocycles. The highest BCUT2D eigenvalue weighted by atomic mass is 19.4. The number of para-hydroxylation sites is 1. The molecule has 1 fully saturated rings. The monoisotopic (exact) mass is 372 g/mol. The van der Waals surface area contributed by atoms with Gasteiger partial charge in [0.2, 0.25) is 11.8 Å². The molecule has 0 aromatic heterocycles. The molecule has 1 aromatic carbocycles. The molecule has 26 heavy (non-hydrogen) atoms. The van der Waals surface area contributed by atoms with Crippen molar-refractivity contribution < 1.29 is 27.5 Å². The number of ether oxygens (including phenoxy) is 1. The highest BCUT2D eigenvalue weighted by molar-refractivity contribution is 5.86. The van der Waals surface area contributed by atoms with E-state index in [-0.39, 0.29) is 30.7 Å². The number of carbonyl (C=O) groups is 2. The number of hydrogen-bond donors (Lipinski definition) is 2. The molecule has 0 saturated heterocycles. The number of amides is 2. The van der Waals surface area contributed by atoms with Crippen LogP contribution in [0, 0.1) is 5.92 Å². The van der Waals surface area contributed by atoms with Gasteiger partial charge in [-0.2, -0.15) is 13.2 Å². The van der Waals surface area contributed by atoms with Crippen LogP contribution in [-0.4, -0.2) is 31.0 Å². The Morgan fingerprint density at radius 3 is 2.54 bits per heavy atom. The van der Waals surface area contributed by atoms with Gasteiger partial charge in [-0.05, 0) is 31.9 Å². The fourth-order valence-corrected chi connectivity index (χ4v) is 2.91. The molecule has 1 saturated carbocycles. The Balaban J connectivity index is 1.75. The van der Waals surface area contributed by atoms with Crippen LogP contribution in [0.5, 0.6) is 5.75 Å². The van der Waals surface area contributed by atoms with E-state index in [1.807, 2.05) is 0 Å². The normalized spacial score (nSPS) is 16.2. The fraction of sp³-hybridized carbons (Fsp3) is 0.556. The van der Waals surface area contributed by atoms with E-state index in [0.717, 1.165) is 31.7 Å². The van der Waals surface area contributed by atoms with Gasteiger partial charge in [0.05, 0.1) is 18.2 Å². The summed E-state index contributed by atoms with van der Waals surface area (Å²) in [5.41, 5.74) is -0.859. The van der Waals surface area contributed by atoms with Crippen LogP contribution in [-0.2, 0) is 15.8 Å². The van der Waals surface area contributed by atoms with Crippen LogP contribution in [0.4, 0.5) is 13.2 Å². The molecule has 1 unspecified atom stereocenters. The van der Waals surface area contributed by atoms with E-state index in [0.29, 0.717) is 0 Å². The molecule has 0 heterocycles. The van der Waals surface area contributed by atoms with E-state index in [2.05, 4.69) is 10.6 Å². The second-order valence-electron chi connectivity index (χ2n) is 6.47. The van der Waals surface area contributed by atoms with E-state index >= 15 is 0 Å². The Hall–Kier alpha value is -2.25. The number of benzene rings is 1. The van der Waals surface area contributed by atoms with Crippen LogP contribution in [0.15, 0.2) is 24.3 Å². The van der Waals surface area contributed by atoms with E-state index in [1.54, 1.807) is 6.92 Å². The topological polar surface area (TPSA) is 67.4 Å². The number of hydrogen-bond acceptors (Lipinski definition) is 3. The molecule has 0 radical (unpaired) electrons. The van der Waals surface area contributed by atoms with Gasteiger partial charge in [0.1, 0.15) is 12.4 Å². The smallest absolute Gasteiger partial charge is 0.419 e. The zero-order valence-corrected chi connectivity index (χ0v) is 14.6. The molecule has 0 bridgehead atoms. The second-order valence-corrected chi connectivity index (χ2v) is 6.47. The van der Waals surface area contributed by atoms with Gasteiger partial charge in [0, 0.05) is 5.92 Å². The predicted octanol–water partition coefficient (Wildman–Crippen LogP) is 2.90. The summed E-state index contributed by atoms with van der Waals surface area (Å²) >= 11 is 0. The Morgan fingerprint density at radius 1 is 1.23 bits per heavy atom. The third-order valence-electron chi connectivity index (χ3n) is 4.24. The maximum absolute atomic E-state index is 12.9. The van der Waals surface area contributed by atoms with Gasteiger partial charge in [-0.15, -0.1) is 0 Å². The summed E-state index contributed by atoms with van der Waals surface area (Å²) < 4.78 is 43.9. The molecule has 1 aromatic rings. The molecule has 2 N–H and O–H groups in total. The third kappa shape index (κ3) is 5.93. The Labute approximate surface area is 150 Å². The highest BCUT2D eigenvalue weighted by Gasteiger charge is 2.34. The van der Waals surface area contributed by atoms with Crippen LogP contribution in [0.3, 0.4) is 0 Å². The number of alkyl halides is 3. The average Bonchev–Trinajstić information content (AvgIpc) is 3.12. The first kappa shape index (κ1) is 20.1. The average molecular weight is 372 g/mol. The van der Waals surface area contributed by atoms with E-state index in [4.69, 9.17) is 4.74 Å². The largest absolute Gasteiger partial charge is 0.491 e. The zero-order valence-electron chi connectivity index (χ0n) is 14.6. The summed E-state index contributed by atoms with van der Waals surface area (Å²) in [5.74, 6) is -0.838. The summed E-state index contributed by atoms with van der Waals surface area (Å²) in [7, 11) is 0. The number of halogens is 3. The van der Waals surface area contributed by atoms with Gasteiger partial charge in [-0.1, -0.05) is 25.0 Å². The molecule has 2 amide bonds. The molecule has 0 aliphatic heterocycles. The Kier molecular flexibility index (Phi) is 6.88. The maximum atomic E-state index is 12.9. The summed E-state index contributed by atoms with van der Waals surface area (Å²) in [6.45, 7) is 1.35. The van der Waals surface area contributed by atoms with Crippen LogP contribution in [0.1, 0.15) is 38.2 Å². The van der Waals surface area contributed by atoms with Crippen molar-refractivity contribution in [3.05, 3.63) is 29.8 Å². The quantitative estimate of drug-likeness (QED) is 0.773. The lowest BCUT2D eigenvalue weighted by atomic mass is 10.1. The van der Waals surface area contributed by atoms with E-state index < -0.39 is 23.7 Å². The minimum atomic E-state index is -4.51. The van der Waals surface area contributed by atoms with Crippen molar-refractivity contribution in [3.63, 3.8) is 0 Å². The molecule has 1 atom stereocenters. The number of nitrogens with one attached hydrogen (secondary N) is 2. The molecular weight excluding hydrogens is 349 g/mol. The molecular formula is C18H23F3N2O3. The molecule has 5 nitrogen and oxygen atoms in total. The number of carbonyl (C=O) groups excluding carboxylic acids is 2. The summed E-state index contributed by atoms with van der Waals surface area (Å²) in [6, 6.07) is 4.41. The zero-order chi connectivity index (χ0) is 19.2. The lowest BCUT2D eigenvalue weighted by Gasteiger charge is -2.18. The lowest BCUT2D eigenvalue weighted by molar-refractivity contribution is -0.139. The predicted molar refractivity (Wildman–Crippen MR) is 89.5 cm³/mol. The van der Waals surface area contributed by atoms with Gasteiger partial charge in [0.15, 0.2) is 0 Å². The Morgan fingerprint density at radius 2 is 1.88 bits per heavy atom. The molecule has 2 rings (SSSR count).